The van der Waals surface area contributed by atoms with Gasteiger partial charge in [-0.25, -0.2) is 0 Å². The van der Waals surface area contributed by atoms with E-state index in [4.69, 9.17) is 0 Å². The maximum Gasteiger partial charge on any atom is 0.193 e. The van der Waals surface area contributed by atoms with E-state index in [1.54, 1.807) is 0 Å². The molecule has 0 aromatic heterocycles. The van der Waals surface area contributed by atoms with E-state index in [0.29, 0.717) is 0 Å². The number of rotatable bonds is 4. The van der Waals surface area contributed by atoms with Gasteiger partial charge in [0, 0.05) is 13.5 Å². The van der Waals surface area contributed by atoms with Gasteiger partial charge in [-0.1, -0.05) is 84.9 Å². The van der Waals surface area contributed by atoms with Crippen LogP contribution in [-0.4, -0.2) is 5.52 Å². The number of hydrogen-bond donors (Lipinski definition) is 0. The zero-order valence-corrected chi connectivity index (χ0v) is 13.3. The third kappa shape index (κ3) is 3.00. The fourth-order valence-electron chi connectivity index (χ4n) is 2.47. The fourth-order valence-corrected chi connectivity index (χ4v) is 4.74. The van der Waals surface area contributed by atoms with Gasteiger partial charge in [-0.05, 0) is 23.1 Å². The second kappa shape index (κ2) is 6.68. The Balaban J connectivity index is 2.12. The highest BCUT2D eigenvalue weighted by molar-refractivity contribution is 7.88. The number of benzene rings is 3. The quantitative estimate of drug-likeness (QED) is 0.658. The van der Waals surface area contributed by atoms with E-state index in [-0.39, 0.29) is 5.52 Å². The van der Waals surface area contributed by atoms with Crippen LogP contribution in [0.15, 0.2) is 84.9 Å². The van der Waals surface area contributed by atoms with Crippen LogP contribution < -0.4 is 10.6 Å². The van der Waals surface area contributed by atoms with Gasteiger partial charge in [0.1, 0.15) is 0 Å². The molecular weight excluding hydrogens is 287 g/mol. The van der Waals surface area contributed by atoms with Gasteiger partial charge in [-0.3, -0.25) is 4.79 Å². The van der Waals surface area contributed by atoms with Crippen LogP contribution in [0.1, 0.15) is 15.9 Å². The molecule has 108 valence electrons. The third-order valence-corrected chi connectivity index (χ3v) is 6.06. The Morgan fingerprint density at radius 3 is 1.91 bits per heavy atom. The zero-order chi connectivity index (χ0) is 15.4. The SMILES string of the molecule is Cc1ccccc1P(C(=O)c1ccccc1)c1ccccc1. The van der Waals surface area contributed by atoms with Crippen molar-refractivity contribution in [3.8, 4) is 0 Å². The topological polar surface area (TPSA) is 17.1 Å². The Hall–Kier alpha value is -2.24. The van der Waals surface area contributed by atoms with Crippen LogP contribution in [0.3, 0.4) is 0 Å². The lowest BCUT2D eigenvalue weighted by molar-refractivity contribution is 0.108. The van der Waals surface area contributed by atoms with Crippen molar-refractivity contribution >= 4 is 24.1 Å². The van der Waals surface area contributed by atoms with Gasteiger partial charge >= 0.3 is 0 Å². The van der Waals surface area contributed by atoms with E-state index in [1.165, 1.54) is 5.56 Å². The first-order chi connectivity index (χ1) is 10.8. The highest BCUT2D eigenvalue weighted by Crippen LogP contribution is 2.38. The molecule has 0 spiro atoms. The van der Waals surface area contributed by atoms with Crippen LogP contribution in [0.25, 0.3) is 0 Å². The molecule has 1 nitrogen and oxygen atoms in total. The number of carbonyl (C=O) groups is 1. The molecule has 0 bridgehead atoms. The maximum absolute atomic E-state index is 13.1. The molecule has 0 amide bonds. The summed E-state index contributed by atoms with van der Waals surface area (Å²) < 4.78 is 0. The van der Waals surface area contributed by atoms with Gasteiger partial charge in [0.05, 0.1) is 0 Å². The normalized spacial score (nSPS) is 11.9. The molecular formula is C20H17OP. The van der Waals surface area contributed by atoms with Crippen LogP contribution in [0, 0.1) is 6.92 Å². The molecule has 3 rings (SSSR count). The van der Waals surface area contributed by atoms with E-state index < -0.39 is 7.92 Å². The summed E-state index contributed by atoms with van der Waals surface area (Å²) in [5, 5.41) is 2.23. The summed E-state index contributed by atoms with van der Waals surface area (Å²) in [5.41, 5.74) is 2.15. The van der Waals surface area contributed by atoms with Gasteiger partial charge in [-0.2, -0.15) is 0 Å². The molecule has 0 aliphatic heterocycles. The molecule has 3 aromatic rings. The predicted molar refractivity (Wildman–Crippen MR) is 94.6 cm³/mol. The van der Waals surface area contributed by atoms with Crippen LogP contribution >= 0.6 is 7.92 Å². The fraction of sp³-hybridized carbons (Fsp3) is 0.0500. The smallest absolute Gasteiger partial charge is 0.193 e. The van der Waals surface area contributed by atoms with E-state index in [9.17, 15) is 4.79 Å². The summed E-state index contributed by atoms with van der Waals surface area (Å²) >= 11 is 0. The maximum atomic E-state index is 13.1. The lowest BCUT2D eigenvalue weighted by Crippen LogP contribution is -2.20. The molecule has 0 saturated heterocycles. The van der Waals surface area contributed by atoms with Crippen molar-refractivity contribution in [2.24, 2.45) is 0 Å². The van der Waals surface area contributed by atoms with Crippen LogP contribution in [-0.2, 0) is 0 Å². The molecule has 0 aliphatic carbocycles. The Morgan fingerprint density at radius 2 is 1.27 bits per heavy atom. The monoisotopic (exact) mass is 304 g/mol. The van der Waals surface area contributed by atoms with Gasteiger partial charge in [-0.15, -0.1) is 0 Å². The van der Waals surface area contributed by atoms with Crippen molar-refractivity contribution in [2.75, 3.05) is 0 Å². The molecule has 1 atom stereocenters. The number of carbonyl (C=O) groups excluding carboxylic acids is 1. The van der Waals surface area contributed by atoms with E-state index in [0.717, 1.165) is 16.2 Å². The molecule has 0 fully saturated rings. The minimum Gasteiger partial charge on any atom is -0.288 e. The minimum atomic E-state index is -1.05. The van der Waals surface area contributed by atoms with Crippen LogP contribution in [0.2, 0.25) is 0 Å². The molecule has 0 saturated carbocycles. The highest BCUT2D eigenvalue weighted by atomic mass is 31.1. The molecule has 2 heteroatoms. The van der Waals surface area contributed by atoms with Crippen molar-refractivity contribution in [3.05, 3.63) is 96.1 Å². The standard InChI is InChI=1S/C20H17OP/c1-16-10-8-9-15-19(16)22(18-13-6-3-7-14-18)20(21)17-11-4-2-5-12-17/h2-15H,1H3. The molecule has 0 aliphatic rings. The molecule has 0 heterocycles. The summed E-state index contributed by atoms with van der Waals surface area (Å²) in [5.74, 6) is 0. The third-order valence-electron chi connectivity index (χ3n) is 3.59. The lowest BCUT2D eigenvalue weighted by atomic mass is 10.2. The highest BCUT2D eigenvalue weighted by Gasteiger charge is 2.24. The average Bonchev–Trinajstić information content (AvgIpc) is 2.58. The number of hydrogen-bond acceptors (Lipinski definition) is 1. The molecule has 0 N–H and O–H groups in total. The van der Waals surface area contributed by atoms with Gasteiger partial charge in [0.2, 0.25) is 0 Å². The first-order valence-electron chi connectivity index (χ1n) is 7.27. The summed E-state index contributed by atoms with van der Waals surface area (Å²) in [4.78, 5) is 13.1. The van der Waals surface area contributed by atoms with Crippen LogP contribution in [0.4, 0.5) is 0 Å². The van der Waals surface area contributed by atoms with Crippen LogP contribution in [0.5, 0.6) is 0 Å². The van der Waals surface area contributed by atoms with Gasteiger partial charge < -0.3 is 0 Å². The second-order valence-electron chi connectivity index (χ2n) is 5.13. The Bertz CT molecular complexity index is 766. The van der Waals surface area contributed by atoms with Gasteiger partial charge in [0.25, 0.3) is 0 Å². The average molecular weight is 304 g/mol. The summed E-state index contributed by atoms with van der Waals surface area (Å²) in [7, 11) is -1.05. The predicted octanol–water partition coefficient (Wildman–Crippen LogP) is 4.27. The lowest BCUT2D eigenvalue weighted by Gasteiger charge is -2.19. The molecule has 1 unspecified atom stereocenters. The largest absolute Gasteiger partial charge is 0.288 e. The van der Waals surface area contributed by atoms with Crippen molar-refractivity contribution in [3.63, 3.8) is 0 Å². The van der Waals surface area contributed by atoms with Crippen molar-refractivity contribution in [1.29, 1.82) is 0 Å². The van der Waals surface area contributed by atoms with E-state index >= 15 is 0 Å². The minimum absolute atomic E-state index is 0.205. The summed E-state index contributed by atoms with van der Waals surface area (Å²) in [6.07, 6.45) is 0. The zero-order valence-electron chi connectivity index (χ0n) is 12.4. The molecule has 22 heavy (non-hydrogen) atoms. The Labute approximate surface area is 132 Å². The van der Waals surface area contributed by atoms with E-state index in [1.807, 2.05) is 60.7 Å². The summed E-state index contributed by atoms with van der Waals surface area (Å²) in [6, 6.07) is 27.9. The van der Waals surface area contributed by atoms with Gasteiger partial charge in [0.15, 0.2) is 5.52 Å². The van der Waals surface area contributed by atoms with E-state index in [2.05, 4.69) is 31.2 Å². The first kappa shape index (κ1) is 14.7. The molecule has 3 aromatic carbocycles. The van der Waals surface area contributed by atoms with Crippen molar-refractivity contribution < 1.29 is 4.79 Å². The first-order valence-corrected chi connectivity index (χ1v) is 8.62. The Morgan fingerprint density at radius 1 is 0.727 bits per heavy atom. The van der Waals surface area contributed by atoms with Crippen molar-refractivity contribution in [2.45, 2.75) is 6.92 Å². The second-order valence-corrected chi connectivity index (χ2v) is 7.20. The Kier molecular flexibility index (Phi) is 4.46. The van der Waals surface area contributed by atoms with Crippen molar-refractivity contribution in [1.82, 2.24) is 0 Å². The summed E-state index contributed by atoms with van der Waals surface area (Å²) in [6.45, 7) is 2.08. The number of aryl methyl sites for hydroxylation is 1. The molecule has 0 radical (unpaired) electrons.